The van der Waals surface area contributed by atoms with Gasteiger partial charge in [-0.25, -0.2) is 0 Å². The fourth-order valence-electron chi connectivity index (χ4n) is 2.54. The van der Waals surface area contributed by atoms with Crippen LogP contribution >= 0.6 is 0 Å². The number of nitrogens with two attached hydrogens (primary N) is 1. The number of hydrogen-bond acceptors (Lipinski definition) is 3. The van der Waals surface area contributed by atoms with Crippen LogP contribution in [0.2, 0.25) is 0 Å². The lowest BCUT2D eigenvalue weighted by molar-refractivity contribution is 0.554. The average Bonchev–Trinajstić information content (AvgIpc) is 2.87. The van der Waals surface area contributed by atoms with Gasteiger partial charge in [0, 0.05) is 35.3 Å². The molecular weight excluding hydrogens is 238 g/mol. The molecule has 0 aliphatic carbocycles. The summed E-state index contributed by atoms with van der Waals surface area (Å²) >= 11 is 0. The van der Waals surface area contributed by atoms with E-state index in [4.69, 9.17) is 10.2 Å². The van der Waals surface area contributed by atoms with Crippen molar-refractivity contribution < 1.29 is 4.42 Å². The summed E-state index contributed by atoms with van der Waals surface area (Å²) in [5.41, 5.74) is 9.04. The lowest BCUT2D eigenvalue weighted by Gasteiger charge is -1.97. The van der Waals surface area contributed by atoms with E-state index < -0.39 is 0 Å². The van der Waals surface area contributed by atoms with E-state index in [2.05, 4.69) is 6.07 Å². The molecule has 4 heteroatoms. The summed E-state index contributed by atoms with van der Waals surface area (Å²) in [4.78, 5) is 0. The molecular formula is C15H13N3O. The minimum absolute atomic E-state index is 0.183. The highest BCUT2D eigenvalue weighted by Crippen LogP contribution is 2.38. The Morgan fingerprint density at radius 2 is 2.05 bits per heavy atom. The highest BCUT2D eigenvalue weighted by Gasteiger charge is 2.20. The molecule has 0 amide bonds. The number of nitrogen functional groups attached to an aromatic ring is 1. The van der Waals surface area contributed by atoms with Crippen molar-refractivity contribution in [2.45, 2.75) is 6.92 Å². The van der Waals surface area contributed by atoms with Crippen LogP contribution in [-0.4, -0.2) is 4.57 Å². The summed E-state index contributed by atoms with van der Waals surface area (Å²) in [5.74, 6) is 0.855. The number of nitriles is 1. The third-order valence-electron chi connectivity index (χ3n) is 3.39. The molecule has 2 aromatic heterocycles. The monoisotopic (exact) mass is 251 g/mol. The Kier molecular flexibility index (Phi) is 2.36. The van der Waals surface area contributed by atoms with Crippen LogP contribution in [-0.2, 0) is 7.05 Å². The second-order valence-corrected chi connectivity index (χ2v) is 4.56. The maximum absolute atomic E-state index is 9.26. The van der Waals surface area contributed by atoms with Gasteiger partial charge in [0.15, 0.2) is 0 Å². The summed E-state index contributed by atoms with van der Waals surface area (Å²) in [7, 11) is 1.98. The number of anilines is 1. The van der Waals surface area contributed by atoms with E-state index in [1.54, 1.807) is 0 Å². The summed E-state index contributed by atoms with van der Waals surface area (Å²) < 4.78 is 7.43. The number of aromatic nitrogens is 1. The largest absolute Gasteiger partial charge is 0.444 e. The predicted octanol–water partition coefficient (Wildman–Crippen LogP) is 3.20. The fraction of sp³-hybridized carbons (Fsp3) is 0.133. The van der Waals surface area contributed by atoms with Gasteiger partial charge in [-0.1, -0.05) is 18.2 Å². The Balaban J connectivity index is 2.41. The van der Waals surface area contributed by atoms with Gasteiger partial charge < -0.3 is 14.7 Å². The third kappa shape index (κ3) is 1.52. The summed E-state index contributed by atoms with van der Waals surface area (Å²) in [6.07, 6.45) is 2.00. The van der Waals surface area contributed by atoms with Crippen molar-refractivity contribution in [3.63, 3.8) is 0 Å². The molecule has 0 aliphatic heterocycles. The van der Waals surface area contributed by atoms with Gasteiger partial charge in [-0.05, 0) is 13.0 Å². The van der Waals surface area contributed by atoms with E-state index in [0.29, 0.717) is 11.3 Å². The van der Waals surface area contributed by atoms with Crippen LogP contribution in [0.3, 0.4) is 0 Å². The van der Waals surface area contributed by atoms with Crippen LogP contribution in [0.1, 0.15) is 11.3 Å². The Labute approximate surface area is 110 Å². The van der Waals surface area contributed by atoms with Crippen LogP contribution in [0.25, 0.3) is 22.0 Å². The van der Waals surface area contributed by atoms with E-state index >= 15 is 0 Å². The molecule has 0 bridgehead atoms. The number of furan rings is 1. The molecule has 0 atom stereocenters. The van der Waals surface area contributed by atoms with Gasteiger partial charge in [-0.15, -0.1) is 0 Å². The molecule has 4 nitrogen and oxygen atoms in total. The van der Waals surface area contributed by atoms with Crippen molar-refractivity contribution >= 4 is 16.8 Å². The molecule has 2 heterocycles. The minimum Gasteiger partial charge on any atom is -0.444 e. The first-order chi connectivity index (χ1) is 9.13. The highest BCUT2D eigenvalue weighted by atomic mass is 16.4. The molecule has 0 radical (unpaired) electrons. The van der Waals surface area contributed by atoms with Gasteiger partial charge in [-0.3, -0.25) is 0 Å². The zero-order valence-corrected chi connectivity index (χ0v) is 10.8. The molecule has 2 N–H and O–H groups in total. The molecule has 0 saturated carbocycles. The number of benzene rings is 1. The average molecular weight is 251 g/mol. The zero-order valence-electron chi connectivity index (χ0n) is 10.8. The summed E-state index contributed by atoms with van der Waals surface area (Å²) in [5, 5.41) is 10.3. The topological polar surface area (TPSA) is 67.9 Å². The van der Waals surface area contributed by atoms with E-state index in [0.717, 1.165) is 22.0 Å². The fourth-order valence-corrected chi connectivity index (χ4v) is 2.54. The maximum atomic E-state index is 9.26. The van der Waals surface area contributed by atoms with Gasteiger partial charge in [0.1, 0.15) is 17.4 Å². The molecule has 3 rings (SSSR count). The van der Waals surface area contributed by atoms with Crippen LogP contribution in [0.15, 0.2) is 34.9 Å². The second-order valence-electron chi connectivity index (χ2n) is 4.56. The van der Waals surface area contributed by atoms with Crippen LogP contribution < -0.4 is 5.73 Å². The van der Waals surface area contributed by atoms with Crippen molar-refractivity contribution in [3.8, 4) is 17.2 Å². The minimum atomic E-state index is 0.183. The van der Waals surface area contributed by atoms with Gasteiger partial charge in [0.2, 0.25) is 5.88 Å². The van der Waals surface area contributed by atoms with Crippen molar-refractivity contribution in [3.05, 3.63) is 41.8 Å². The lowest BCUT2D eigenvalue weighted by atomic mass is 10.0. The molecule has 94 valence electrons. The smallest absolute Gasteiger partial charge is 0.209 e. The van der Waals surface area contributed by atoms with E-state index in [-0.39, 0.29) is 5.88 Å². The highest BCUT2D eigenvalue weighted by molar-refractivity contribution is 5.98. The number of fused-ring (bicyclic) bond motifs is 1. The number of aryl methyl sites for hydroxylation is 2. The molecule has 19 heavy (non-hydrogen) atoms. The zero-order chi connectivity index (χ0) is 13.6. The number of nitrogens with zero attached hydrogens (tertiary/aromatic N) is 2. The van der Waals surface area contributed by atoms with Crippen molar-refractivity contribution in [1.82, 2.24) is 4.57 Å². The van der Waals surface area contributed by atoms with Gasteiger partial charge >= 0.3 is 0 Å². The molecule has 1 aromatic carbocycles. The SMILES string of the molecule is Cc1oc(N)c(C#N)c1-c1cn(C)c2ccccc12. The van der Waals surface area contributed by atoms with Crippen LogP contribution in [0, 0.1) is 18.3 Å². The Morgan fingerprint density at radius 1 is 1.32 bits per heavy atom. The summed E-state index contributed by atoms with van der Waals surface area (Å²) in [6.45, 7) is 1.83. The predicted molar refractivity (Wildman–Crippen MR) is 74.5 cm³/mol. The van der Waals surface area contributed by atoms with E-state index in [1.165, 1.54) is 0 Å². The molecule has 0 fully saturated rings. The maximum Gasteiger partial charge on any atom is 0.209 e. The Morgan fingerprint density at radius 3 is 2.79 bits per heavy atom. The quantitative estimate of drug-likeness (QED) is 0.722. The first-order valence-electron chi connectivity index (χ1n) is 5.97. The standard InChI is InChI=1S/C15H13N3O/c1-9-14(11(7-16)15(17)19-9)12-8-18(2)13-6-4-3-5-10(12)13/h3-6,8H,17H2,1-2H3. The normalized spacial score (nSPS) is 10.8. The first kappa shape index (κ1) is 11.4. The van der Waals surface area contributed by atoms with Crippen molar-refractivity contribution in [1.29, 1.82) is 5.26 Å². The molecule has 0 unspecified atom stereocenters. The molecule has 0 spiro atoms. The molecule has 0 saturated heterocycles. The lowest BCUT2D eigenvalue weighted by Crippen LogP contribution is -1.86. The van der Waals surface area contributed by atoms with Crippen LogP contribution in [0.4, 0.5) is 5.88 Å². The van der Waals surface area contributed by atoms with Crippen molar-refractivity contribution in [2.75, 3.05) is 5.73 Å². The number of hydrogen-bond donors (Lipinski definition) is 1. The Hall–Kier alpha value is -2.67. The molecule has 3 aromatic rings. The number of para-hydroxylation sites is 1. The first-order valence-corrected chi connectivity index (χ1v) is 5.97. The van der Waals surface area contributed by atoms with Crippen molar-refractivity contribution in [2.24, 2.45) is 7.05 Å². The van der Waals surface area contributed by atoms with Gasteiger partial charge in [-0.2, -0.15) is 5.26 Å². The van der Waals surface area contributed by atoms with E-state index in [9.17, 15) is 5.26 Å². The summed E-state index contributed by atoms with van der Waals surface area (Å²) in [6, 6.07) is 10.2. The van der Waals surface area contributed by atoms with E-state index in [1.807, 2.05) is 49.0 Å². The van der Waals surface area contributed by atoms with Crippen LogP contribution in [0.5, 0.6) is 0 Å². The Bertz CT molecular complexity index is 818. The number of rotatable bonds is 1. The molecule has 0 aliphatic rings. The van der Waals surface area contributed by atoms with Gasteiger partial charge in [0.05, 0.1) is 0 Å². The third-order valence-corrected chi connectivity index (χ3v) is 3.39. The second kappa shape index (κ2) is 3.92. The van der Waals surface area contributed by atoms with Gasteiger partial charge in [0.25, 0.3) is 0 Å².